The van der Waals surface area contributed by atoms with Crippen molar-refractivity contribution in [2.75, 3.05) is 13.7 Å². The van der Waals surface area contributed by atoms with Crippen LogP contribution in [0.15, 0.2) is 53.1 Å². The molecule has 0 saturated carbocycles. The van der Waals surface area contributed by atoms with E-state index < -0.39 is 53.7 Å². The van der Waals surface area contributed by atoms with Crippen molar-refractivity contribution >= 4 is 18.0 Å². The number of rotatable bonds is 8. The Hall–Kier alpha value is -3.33. The summed E-state index contributed by atoms with van der Waals surface area (Å²) in [6, 6.07) is 9.96. The zero-order chi connectivity index (χ0) is 25.3. The van der Waals surface area contributed by atoms with Crippen LogP contribution in [0.25, 0.3) is 0 Å². The summed E-state index contributed by atoms with van der Waals surface area (Å²) < 4.78 is 15.8. The molecule has 0 aliphatic carbocycles. The minimum atomic E-state index is -1.21. The minimum absolute atomic E-state index is 0.128. The van der Waals surface area contributed by atoms with Crippen LogP contribution in [0.5, 0.6) is 0 Å². The normalized spacial score (nSPS) is 24.1. The number of carbonyl (C=O) groups excluding carboxylic acids is 3. The molecule has 9 nitrogen and oxygen atoms in total. The molecule has 5 atom stereocenters. The van der Waals surface area contributed by atoms with E-state index in [0.717, 1.165) is 11.3 Å². The van der Waals surface area contributed by atoms with Crippen molar-refractivity contribution in [3.05, 3.63) is 60.1 Å². The first-order valence-corrected chi connectivity index (χ1v) is 11.8. The largest absolute Gasteiger partial charge is 0.469 e. The third-order valence-electron chi connectivity index (χ3n) is 6.82. The van der Waals surface area contributed by atoms with E-state index in [0.29, 0.717) is 12.8 Å². The summed E-state index contributed by atoms with van der Waals surface area (Å²) in [6.07, 6.45) is 0.711. The monoisotopic (exact) mass is 484 g/mol. The van der Waals surface area contributed by atoms with E-state index in [9.17, 15) is 19.5 Å². The topological polar surface area (TPSA) is 110 Å². The smallest absolute Gasteiger partial charge is 0.411 e. The molecule has 0 bridgehead atoms. The number of methoxy groups -OCH3 is 1. The van der Waals surface area contributed by atoms with Crippen molar-refractivity contribution in [1.29, 1.82) is 0 Å². The summed E-state index contributed by atoms with van der Waals surface area (Å²) in [5.41, 5.74) is 0.156. The van der Waals surface area contributed by atoms with Crippen molar-refractivity contribution < 1.29 is 33.4 Å². The number of benzene rings is 1. The standard InChI is InChI=1S/C26H32N2O7/c1-26(2,3)22(29)21(24(31)33-4)27-18(13-12-17-11-8-14-34-17)20(23(27)30)28-19(15-35-25(28)32)16-9-6-5-7-10-16/h5-11,14,18-22,29H,12-13,15H2,1-4H3/t18?,19-,20?,21?,22-/m0/s1. The van der Waals surface area contributed by atoms with Gasteiger partial charge in [0.25, 0.3) is 0 Å². The Kier molecular flexibility index (Phi) is 6.89. The maximum absolute atomic E-state index is 13.7. The summed E-state index contributed by atoms with van der Waals surface area (Å²) in [6.45, 7) is 5.49. The zero-order valence-corrected chi connectivity index (χ0v) is 20.4. The molecule has 9 heteroatoms. The fourth-order valence-electron chi connectivity index (χ4n) is 4.90. The number of aryl methyl sites for hydroxylation is 1. The molecule has 1 aromatic heterocycles. The number of hydrogen-bond acceptors (Lipinski definition) is 7. The van der Waals surface area contributed by atoms with Crippen molar-refractivity contribution in [3.63, 3.8) is 0 Å². The molecule has 188 valence electrons. The van der Waals surface area contributed by atoms with Gasteiger partial charge in [-0.3, -0.25) is 9.69 Å². The van der Waals surface area contributed by atoms with Gasteiger partial charge in [-0.1, -0.05) is 51.1 Å². The maximum atomic E-state index is 13.7. The second-order valence-corrected chi connectivity index (χ2v) is 10.1. The molecule has 4 rings (SSSR count). The number of amides is 2. The quantitative estimate of drug-likeness (QED) is 0.453. The van der Waals surface area contributed by atoms with E-state index in [2.05, 4.69) is 0 Å². The Morgan fingerprint density at radius 2 is 1.89 bits per heavy atom. The van der Waals surface area contributed by atoms with Gasteiger partial charge in [0.05, 0.1) is 31.6 Å². The van der Waals surface area contributed by atoms with Crippen LogP contribution in [0, 0.1) is 5.41 Å². The van der Waals surface area contributed by atoms with Crippen molar-refractivity contribution in [3.8, 4) is 0 Å². The molecule has 2 saturated heterocycles. The summed E-state index contributed by atoms with van der Waals surface area (Å²) in [5.74, 6) is -0.406. The highest BCUT2D eigenvalue weighted by Crippen LogP contribution is 2.41. The lowest BCUT2D eigenvalue weighted by Crippen LogP contribution is -2.76. The van der Waals surface area contributed by atoms with Gasteiger partial charge in [-0.2, -0.15) is 0 Å². The van der Waals surface area contributed by atoms with Gasteiger partial charge in [-0.15, -0.1) is 0 Å². The van der Waals surface area contributed by atoms with Crippen molar-refractivity contribution in [2.45, 2.75) is 63.9 Å². The van der Waals surface area contributed by atoms with Gasteiger partial charge in [0.1, 0.15) is 18.4 Å². The number of β-lactam (4-membered cyclic amide) rings is 1. The number of aliphatic hydroxyl groups is 1. The van der Waals surface area contributed by atoms with Gasteiger partial charge in [-0.25, -0.2) is 9.59 Å². The lowest BCUT2D eigenvalue weighted by molar-refractivity contribution is -0.183. The molecule has 1 aromatic carbocycles. The number of likely N-dealkylation sites (tertiary alicyclic amines) is 1. The number of carbonyl (C=O) groups is 3. The summed E-state index contributed by atoms with van der Waals surface area (Å²) in [5, 5.41) is 11.1. The lowest BCUT2D eigenvalue weighted by atomic mass is 9.79. The SMILES string of the molecule is COC(=O)C([C@H](O)C(C)(C)C)N1C(=O)C(N2C(=O)OC[C@H]2c2ccccc2)C1CCc1ccco1. The van der Waals surface area contributed by atoms with Gasteiger partial charge in [0.2, 0.25) is 5.91 Å². The van der Waals surface area contributed by atoms with Crippen LogP contribution in [0.1, 0.15) is 44.6 Å². The second kappa shape index (κ2) is 9.73. The highest BCUT2D eigenvalue weighted by Gasteiger charge is 2.60. The van der Waals surface area contributed by atoms with E-state index in [4.69, 9.17) is 13.9 Å². The molecule has 0 radical (unpaired) electrons. The van der Waals surface area contributed by atoms with Gasteiger partial charge >= 0.3 is 12.1 Å². The van der Waals surface area contributed by atoms with Crippen molar-refractivity contribution in [2.24, 2.45) is 5.41 Å². The molecule has 35 heavy (non-hydrogen) atoms. The predicted octanol–water partition coefficient (Wildman–Crippen LogP) is 2.93. The molecule has 2 aliphatic heterocycles. The Morgan fingerprint density at radius 3 is 2.49 bits per heavy atom. The lowest BCUT2D eigenvalue weighted by Gasteiger charge is -2.54. The van der Waals surface area contributed by atoms with Crippen LogP contribution in [0.3, 0.4) is 0 Å². The fraction of sp³-hybridized carbons (Fsp3) is 0.500. The van der Waals surface area contributed by atoms with Crippen LogP contribution in [0.2, 0.25) is 0 Å². The van der Waals surface area contributed by atoms with E-state index in [-0.39, 0.29) is 6.61 Å². The van der Waals surface area contributed by atoms with E-state index in [1.54, 1.807) is 33.1 Å². The molecule has 1 N–H and O–H groups in total. The van der Waals surface area contributed by atoms with Gasteiger partial charge in [0.15, 0.2) is 6.04 Å². The highest BCUT2D eigenvalue weighted by molar-refractivity contribution is 5.96. The Balaban J connectivity index is 1.69. The number of hydrogen-bond donors (Lipinski definition) is 1. The molecular weight excluding hydrogens is 452 g/mol. The second-order valence-electron chi connectivity index (χ2n) is 10.1. The number of nitrogens with zero attached hydrogens (tertiary/aromatic N) is 2. The van der Waals surface area contributed by atoms with Crippen LogP contribution < -0.4 is 0 Å². The van der Waals surface area contributed by atoms with Crippen LogP contribution >= 0.6 is 0 Å². The van der Waals surface area contributed by atoms with Gasteiger partial charge in [-0.05, 0) is 29.5 Å². The zero-order valence-electron chi connectivity index (χ0n) is 20.4. The Labute approximate surface area is 204 Å². The molecule has 0 spiro atoms. The minimum Gasteiger partial charge on any atom is -0.469 e. The first-order chi connectivity index (χ1) is 16.6. The Morgan fingerprint density at radius 1 is 1.17 bits per heavy atom. The number of aliphatic hydroxyl groups excluding tert-OH is 1. The number of cyclic esters (lactones) is 1. The number of furan rings is 1. The first-order valence-electron chi connectivity index (χ1n) is 11.8. The predicted molar refractivity (Wildman–Crippen MR) is 125 cm³/mol. The maximum Gasteiger partial charge on any atom is 0.411 e. The van der Waals surface area contributed by atoms with Gasteiger partial charge < -0.3 is 23.9 Å². The number of esters is 1. The third-order valence-corrected chi connectivity index (χ3v) is 6.82. The third kappa shape index (κ3) is 4.65. The van der Waals surface area contributed by atoms with Crippen LogP contribution in [-0.2, 0) is 25.5 Å². The molecule has 3 unspecified atom stereocenters. The highest BCUT2D eigenvalue weighted by atomic mass is 16.6. The Bertz CT molecular complexity index is 1050. The summed E-state index contributed by atoms with van der Waals surface area (Å²) in [4.78, 5) is 42.2. The molecule has 3 heterocycles. The van der Waals surface area contributed by atoms with E-state index in [1.165, 1.54) is 16.9 Å². The molecule has 2 fully saturated rings. The molecule has 2 aromatic rings. The van der Waals surface area contributed by atoms with Crippen LogP contribution in [-0.4, -0.2) is 70.8 Å². The molecule has 2 amide bonds. The van der Waals surface area contributed by atoms with E-state index >= 15 is 0 Å². The average molecular weight is 485 g/mol. The van der Waals surface area contributed by atoms with Crippen molar-refractivity contribution in [1.82, 2.24) is 9.80 Å². The summed E-state index contributed by atoms with van der Waals surface area (Å²) >= 11 is 0. The molecular formula is C26H32N2O7. The van der Waals surface area contributed by atoms with E-state index in [1.807, 2.05) is 36.4 Å². The number of ether oxygens (including phenoxy) is 2. The first kappa shape index (κ1) is 24.8. The summed E-state index contributed by atoms with van der Waals surface area (Å²) in [7, 11) is 1.23. The average Bonchev–Trinajstić information content (AvgIpc) is 3.49. The van der Waals surface area contributed by atoms with Gasteiger partial charge in [0, 0.05) is 6.42 Å². The fourth-order valence-corrected chi connectivity index (χ4v) is 4.90. The van der Waals surface area contributed by atoms with Crippen LogP contribution in [0.4, 0.5) is 4.79 Å². The molecule has 2 aliphatic rings.